The summed E-state index contributed by atoms with van der Waals surface area (Å²) in [5.74, 6) is -0.619. The lowest BCUT2D eigenvalue weighted by Crippen LogP contribution is -2.36. The average molecular weight is 459 g/mol. The number of hydrogen-bond acceptors (Lipinski definition) is 8. The topological polar surface area (TPSA) is 113 Å². The number of nitrogens with one attached hydrogen (secondary N) is 2. The normalized spacial score (nSPS) is 10.5. The quantitative estimate of drug-likeness (QED) is 0.529. The zero-order chi connectivity index (χ0) is 21.6. The summed E-state index contributed by atoms with van der Waals surface area (Å²) in [6.45, 7) is 5.38. The Morgan fingerprint density at radius 1 is 1.20 bits per heavy atom. The van der Waals surface area contributed by atoms with Gasteiger partial charge in [0.2, 0.25) is 0 Å². The van der Waals surface area contributed by atoms with Crippen molar-refractivity contribution in [3.8, 4) is 17.2 Å². The minimum absolute atomic E-state index is 0. The van der Waals surface area contributed by atoms with E-state index in [0.29, 0.717) is 12.6 Å². The number of carbonyl (C=O) groups excluding carboxylic acids is 2. The third-order valence-electron chi connectivity index (χ3n) is 4.33. The van der Waals surface area contributed by atoms with Crippen LogP contribution in [0.2, 0.25) is 0 Å². The molecule has 1 aromatic heterocycles. The highest BCUT2D eigenvalue weighted by Crippen LogP contribution is 2.34. The molecule has 0 atom stereocenters. The minimum atomic E-state index is -0.500. The summed E-state index contributed by atoms with van der Waals surface area (Å²) in [4.78, 5) is 31.1. The lowest BCUT2D eigenvalue weighted by atomic mass is 10.1. The Hall–Kier alpha value is -2.56. The maximum Gasteiger partial charge on any atom is 0.270 e. The fraction of sp³-hybridized carbons (Fsp3) is 0.421. The number of ether oxygens (including phenoxy) is 2. The van der Waals surface area contributed by atoms with Crippen LogP contribution in [0, 0.1) is 0 Å². The molecule has 0 aliphatic heterocycles. The molecular weight excluding hydrogens is 432 g/mol. The molecule has 9 nitrogen and oxygen atoms in total. The molecule has 0 saturated carbocycles. The largest absolute Gasteiger partial charge is 0.504 e. The number of rotatable bonds is 9. The molecule has 0 fully saturated rings. The van der Waals surface area contributed by atoms with Crippen molar-refractivity contribution in [3.05, 3.63) is 28.8 Å². The molecule has 2 aromatic rings. The van der Waals surface area contributed by atoms with Crippen LogP contribution < -0.4 is 20.1 Å². The molecule has 2 amide bonds. The minimum Gasteiger partial charge on any atom is -0.504 e. The second-order valence-electron chi connectivity index (χ2n) is 6.55. The Balaban J connectivity index is 0.00000450. The average Bonchev–Trinajstić information content (AvgIpc) is 3.15. The number of amides is 2. The lowest BCUT2D eigenvalue weighted by Gasteiger charge is -2.20. The number of benzene rings is 1. The fourth-order valence-electron chi connectivity index (χ4n) is 2.35. The fourth-order valence-corrected chi connectivity index (χ4v) is 3.04. The molecule has 0 bridgehead atoms. The maximum atomic E-state index is 12.6. The molecule has 0 aliphatic rings. The monoisotopic (exact) mass is 458 g/mol. The SMILES string of the molecule is COc1cc(C(=O)Nc2nc(C(=O)NCCN(C)C(C)C)cs2)c(OC)cc1O.Cl. The number of hydrogen-bond donors (Lipinski definition) is 3. The van der Waals surface area contributed by atoms with Crippen LogP contribution in [0.3, 0.4) is 0 Å². The van der Waals surface area contributed by atoms with E-state index in [-0.39, 0.29) is 52.0 Å². The molecule has 1 aromatic carbocycles. The standard InChI is InChI=1S/C19H26N4O5S.ClH/c1-11(2)23(3)7-6-20-18(26)13-10-29-19(21-13)22-17(25)12-8-16(28-5)14(24)9-15(12)27-4;/h8-11,24H,6-7H2,1-5H3,(H,20,26)(H,21,22,25);1H. The predicted octanol–water partition coefficient (Wildman–Crippen LogP) is 2.61. The highest BCUT2D eigenvalue weighted by molar-refractivity contribution is 7.14. The van der Waals surface area contributed by atoms with Gasteiger partial charge in [0, 0.05) is 36.6 Å². The first-order valence-electron chi connectivity index (χ1n) is 8.97. The number of likely N-dealkylation sites (N-methyl/N-ethyl adjacent to an activating group) is 1. The number of nitrogens with zero attached hydrogens (tertiary/aromatic N) is 2. The molecular formula is C19H27ClN4O5S. The molecule has 11 heteroatoms. The van der Waals surface area contributed by atoms with Gasteiger partial charge in [-0.3, -0.25) is 14.9 Å². The van der Waals surface area contributed by atoms with Gasteiger partial charge < -0.3 is 24.8 Å². The third kappa shape index (κ3) is 6.48. The predicted molar refractivity (Wildman–Crippen MR) is 119 cm³/mol. The third-order valence-corrected chi connectivity index (χ3v) is 5.09. The smallest absolute Gasteiger partial charge is 0.270 e. The van der Waals surface area contributed by atoms with Gasteiger partial charge in [0.1, 0.15) is 11.4 Å². The van der Waals surface area contributed by atoms with Gasteiger partial charge in [0.25, 0.3) is 11.8 Å². The van der Waals surface area contributed by atoms with E-state index in [0.717, 1.165) is 17.9 Å². The van der Waals surface area contributed by atoms with Crippen LogP contribution in [0.4, 0.5) is 5.13 Å². The number of methoxy groups -OCH3 is 2. The molecule has 2 rings (SSSR count). The lowest BCUT2D eigenvalue weighted by molar-refractivity contribution is 0.0942. The summed E-state index contributed by atoms with van der Waals surface area (Å²) in [6.07, 6.45) is 0. The Bertz CT molecular complexity index is 875. The van der Waals surface area contributed by atoms with Crippen LogP contribution >= 0.6 is 23.7 Å². The summed E-state index contributed by atoms with van der Waals surface area (Å²) in [7, 11) is 4.76. The van der Waals surface area contributed by atoms with Crippen LogP contribution in [0.15, 0.2) is 17.5 Å². The van der Waals surface area contributed by atoms with Crippen molar-refractivity contribution in [1.82, 2.24) is 15.2 Å². The van der Waals surface area contributed by atoms with Gasteiger partial charge in [-0.05, 0) is 20.9 Å². The van der Waals surface area contributed by atoms with Gasteiger partial charge in [-0.1, -0.05) is 0 Å². The Kier molecular flexibility index (Phi) is 9.83. The zero-order valence-electron chi connectivity index (χ0n) is 17.5. The molecule has 0 aliphatic carbocycles. The van der Waals surface area contributed by atoms with Crippen molar-refractivity contribution in [1.29, 1.82) is 0 Å². The number of carbonyl (C=O) groups is 2. The first kappa shape index (κ1) is 25.5. The summed E-state index contributed by atoms with van der Waals surface area (Å²) in [6, 6.07) is 3.06. The highest BCUT2D eigenvalue weighted by atomic mass is 35.5. The number of phenolic OH excluding ortho intramolecular Hbond substituents is 1. The van der Waals surface area contributed by atoms with Crippen molar-refractivity contribution >= 4 is 40.7 Å². The Labute approximate surface area is 185 Å². The Morgan fingerprint density at radius 3 is 2.47 bits per heavy atom. The first-order valence-corrected chi connectivity index (χ1v) is 9.85. The molecule has 0 unspecified atom stereocenters. The van der Waals surface area contributed by atoms with Gasteiger partial charge in [0.15, 0.2) is 16.6 Å². The molecule has 3 N–H and O–H groups in total. The van der Waals surface area contributed by atoms with Crippen molar-refractivity contribution in [2.45, 2.75) is 19.9 Å². The van der Waals surface area contributed by atoms with Gasteiger partial charge in [-0.25, -0.2) is 4.98 Å². The van der Waals surface area contributed by atoms with E-state index >= 15 is 0 Å². The summed E-state index contributed by atoms with van der Waals surface area (Å²) >= 11 is 1.14. The molecule has 166 valence electrons. The van der Waals surface area contributed by atoms with Crippen LogP contribution in [0.1, 0.15) is 34.7 Å². The molecule has 0 radical (unpaired) electrons. The maximum absolute atomic E-state index is 12.6. The number of anilines is 1. The van der Waals surface area contributed by atoms with Crippen molar-refractivity contribution in [2.24, 2.45) is 0 Å². The summed E-state index contributed by atoms with van der Waals surface area (Å²) in [5.41, 5.74) is 0.396. The number of phenols is 1. The van der Waals surface area contributed by atoms with Gasteiger partial charge in [0.05, 0.1) is 19.8 Å². The molecule has 0 spiro atoms. The second-order valence-corrected chi connectivity index (χ2v) is 7.40. The zero-order valence-corrected chi connectivity index (χ0v) is 19.1. The van der Waals surface area contributed by atoms with E-state index in [1.807, 2.05) is 7.05 Å². The van der Waals surface area contributed by atoms with Gasteiger partial charge >= 0.3 is 0 Å². The van der Waals surface area contributed by atoms with E-state index in [9.17, 15) is 14.7 Å². The van der Waals surface area contributed by atoms with Gasteiger partial charge in [-0.15, -0.1) is 23.7 Å². The van der Waals surface area contributed by atoms with Crippen molar-refractivity contribution < 1.29 is 24.2 Å². The van der Waals surface area contributed by atoms with Crippen LogP contribution in [0.25, 0.3) is 0 Å². The number of aromatic hydroxyl groups is 1. The van der Waals surface area contributed by atoms with E-state index in [2.05, 4.69) is 34.4 Å². The van der Waals surface area contributed by atoms with Crippen LogP contribution in [-0.2, 0) is 0 Å². The second kappa shape index (κ2) is 11.6. The summed E-state index contributed by atoms with van der Waals surface area (Å²) in [5, 5.41) is 17.1. The number of thiazole rings is 1. The van der Waals surface area contributed by atoms with E-state index in [4.69, 9.17) is 9.47 Å². The van der Waals surface area contributed by atoms with Crippen LogP contribution in [0.5, 0.6) is 17.2 Å². The van der Waals surface area contributed by atoms with E-state index in [1.165, 1.54) is 26.4 Å². The van der Waals surface area contributed by atoms with Crippen molar-refractivity contribution in [3.63, 3.8) is 0 Å². The molecule has 30 heavy (non-hydrogen) atoms. The molecule has 1 heterocycles. The summed E-state index contributed by atoms with van der Waals surface area (Å²) < 4.78 is 10.2. The first-order chi connectivity index (χ1) is 13.8. The number of aromatic nitrogens is 1. The number of halogens is 1. The molecule has 0 saturated heterocycles. The van der Waals surface area contributed by atoms with Crippen molar-refractivity contribution in [2.75, 3.05) is 39.7 Å². The highest BCUT2D eigenvalue weighted by Gasteiger charge is 2.19. The van der Waals surface area contributed by atoms with Crippen LogP contribution in [-0.4, -0.2) is 67.2 Å². The van der Waals surface area contributed by atoms with Gasteiger partial charge in [-0.2, -0.15) is 0 Å². The Morgan fingerprint density at radius 2 is 1.87 bits per heavy atom. The van der Waals surface area contributed by atoms with E-state index < -0.39 is 5.91 Å². The van der Waals surface area contributed by atoms with E-state index in [1.54, 1.807) is 5.38 Å².